The van der Waals surface area contributed by atoms with Crippen LogP contribution in [0.25, 0.3) is 10.9 Å². The number of hydrogen-bond acceptors (Lipinski definition) is 5. The maximum Gasteiger partial charge on any atom is 0.337 e. The SMILES string of the molecule is COC(=O)c1ccc(Oc2c(C)cnc3c(NC(=O)c4c(Cl)cccc4Cl)cccc23)cc1. The number of anilines is 1. The Bertz CT molecular complexity index is 1350. The van der Waals surface area contributed by atoms with E-state index < -0.39 is 11.9 Å². The van der Waals surface area contributed by atoms with E-state index in [1.807, 2.05) is 13.0 Å². The third-order valence-electron chi connectivity index (χ3n) is 4.96. The highest BCUT2D eigenvalue weighted by Gasteiger charge is 2.18. The molecule has 0 aliphatic rings. The van der Waals surface area contributed by atoms with Crippen molar-refractivity contribution in [1.29, 1.82) is 0 Å². The molecule has 1 N–H and O–H groups in total. The molecule has 4 rings (SSSR count). The number of esters is 1. The Hall–Kier alpha value is -3.61. The molecule has 0 radical (unpaired) electrons. The van der Waals surface area contributed by atoms with Crippen LogP contribution in [0.1, 0.15) is 26.3 Å². The fraction of sp³-hybridized carbons (Fsp3) is 0.0800. The Balaban J connectivity index is 1.69. The van der Waals surface area contributed by atoms with Crippen LogP contribution in [0.4, 0.5) is 5.69 Å². The lowest BCUT2D eigenvalue weighted by Gasteiger charge is -2.15. The van der Waals surface area contributed by atoms with Crippen molar-refractivity contribution in [3.63, 3.8) is 0 Å². The molecule has 1 aromatic heterocycles. The quantitative estimate of drug-likeness (QED) is 0.322. The smallest absolute Gasteiger partial charge is 0.337 e. The summed E-state index contributed by atoms with van der Waals surface area (Å²) in [4.78, 5) is 29.0. The second kappa shape index (κ2) is 9.48. The maximum absolute atomic E-state index is 12.9. The molecule has 8 heteroatoms. The summed E-state index contributed by atoms with van der Waals surface area (Å²) in [5, 5.41) is 4.05. The van der Waals surface area contributed by atoms with Crippen molar-refractivity contribution in [1.82, 2.24) is 4.98 Å². The summed E-state index contributed by atoms with van der Waals surface area (Å²) in [5.41, 5.74) is 2.44. The van der Waals surface area contributed by atoms with Crippen LogP contribution in [-0.4, -0.2) is 24.0 Å². The molecule has 0 bridgehead atoms. The first-order chi connectivity index (χ1) is 15.9. The van der Waals surface area contributed by atoms with Crippen molar-refractivity contribution in [2.45, 2.75) is 6.92 Å². The lowest BCUT2D eigenvalue weighted by atomic mass is 10.1. The molecule has 1 amide bonds. The van der Waals surface area contributed by atoms with Crippen molar-refractivity contribution in [3.05, 3.63) is 93.6 Å². The number of pyridine rings is 1. The van der Waals surface area contributed by atoms with E-state index in [1.165, 1.54) is 7.11 Å². The topological polar surface area (TPSA) is 77.5 Å². The molecule has 0 atom stereocenters. The van der Waals surface area contributed by atoms with Gasteiger partial charge in [-0.3, -0.25) is 9.78 Å². The average Bonchev–Trinajstić information content (AvgIpc) is 2.81. The molecule has 4 aromatic rings. The van der Waals surface area contributed by atoms with Gasteiger partial charge in [-0.1, -0.05) is 35.3 Å². The van der Waals surface area contributed by atoms with Crippen LogP contribution in [0.15, 0.2) is 66.9 Å². The Morgan fingerprint density at radius 3 is 2.27 bits per heavy atom. The van der Waals surface area contributed by atoms with Crippen LogP contribution in [0.5, 0.6) is 11.5 Å². The van der Waals surface area contributed by atoms with E-state index in [-0.39, 0.29) is 15.6 Å². The van der Waals surface area contributed by atoms with Crippen molar-refractivity contribution >= 4 is 51.7 Å². The van der Waals surface area contributed by atoms with Crippen LogP contribution in [0.3, 0.4) is 0 Å². The van der Waals surface area contributed by atoms with Crippen molar-refractivity contribution in [2.75, 3.05) is 12.4 Å². The zero-order valence-corrected chi connectivity index (χ0v) is 19.2. The van der Waals surface area contributed by atoms with E-state index in [9.17, 15) is 9.59 Å². The normalized spacial score (nSPS) is 10.7. The summed E-state index contributed by atoms with van der Waals surface area (Å²) in [6.45, 7) is 1.87. The van der Waals surface area contributed by atoms with Crippen LogP contribution in [0, 0.1) is 6.92 Å². The Labute approximate surface area is 200 Å². The number of halogens is 2. The summed E-state index contributed by atoms with van der Waals surface area (Å²) in [5.74, 6) is 0.251. The fourth-order valence-corrected chi connectivity index (χ4v) is 3.90. The maximum atomic E-state index is 12.9. The summed E-state index contributed by atoms with van der Waals surface area (Å²) >= 11 is 12.4. The monoisotopic (exact) mass is 480 g/mol. The molecule has 166 valence electrons. The Kier molecular flexibility index (Phi) is 6.49. The molecule has 0 saturated heterocycles. The molecule has 0 unspecified atom stereocenters. The molecule has 1 heterocycles. The molecule has 0 fully saturated rings. The summed E-state index contributed by atoms with van der Waals surface area (Å²) in [6, 6.07) is 16.9. The second-order valence-corrected chi connectivity index (χ2v) is 7.96. The molecule has 3 aromatic carbocycles. The number of carbonyl (C=O) groups excluding carboxylic acids is 2. The number of hydrogen-bond donors (Lipinski definition) is 1. The third-order valence-corrected chi connectivity index (χ3v) is 5.59. The lowest BCUT2D eigenvalue weighted by Crippen LogP contribution is -2.13. The van der Waals surface area contributed by atoms with Gasteiger partial charge in [-0.15, -0.1) is 0 Å². The number of para-hydroxylation sites is 1. The number of methoxy groups -OCH3 is 1. The van der Waals surface area contributed by atoms with Crippen LogP contribution in [-0.2, 0) is 4.74 Å². The minimum Gasteiger partial charge on any atom is -0.465 e. The highest BCUT2D eigenvalue weighted by molar-refractivity contribution is 6.40. The Morgan fingerprint density at radius 1 is 0.939 bits per heavy atom. The first-order valence-corrected chi connectivity index (χ1v) is 10.6. The number of rotatable bonds is 5. The number of amides is 1. The first-order valence-electron chi connectivity index (χ1n) is 9.89. The average molecular weight is 481 g/mol. The molecule has 0 saturated carbocycles. The second-order valence-electron chi connectivity index (χ2n) is 7.14. The van der Waals surface area contributed by atoms with Gasteiger partial charge in [0.15, 0.2) is 0 Å². The van der Waals surface area contributed by atoms with E-state index in [0.29, 0.717) is 33.7 Å². The van der Waals surface area contributed by atoms with Gasteiger partial charge in [-0.05, 0) is 55.5 Å². The van der Waals surface area contributed by atoms with Gasteiger partial charge in [0, 0.05) is 17.1 Å². The molecule has 6 nitrogen and oxygen atoms in total. The van der Waals surface area contributed by atoms with Crippen LogP contribution >= 0.6 is 23.2 Å². The van der Waals surface area contributed by atoms with E-state index in [1.54, 1.807) is 60.8 Å². The van der Waals surface area contributed by atoms with Gasteiger partial charge in [0.1, 0.15) is 11.5 Å². The van der Waals surface area contributed by atoms with Gasteiger partial charge in [0.05, 0.1) is 39.5 Å². The number of fused-ring (bicyclic) bond motifs is 1. The molecule has 0 aliphatic heterocycles. The van der Waals surface area contributed by atoms with E-state index in [4.69, 9.17) is 32.7 Å². The predicted molar refractivity (Wildman–Crippen MR) is 129 cm³/mol. The minimum atomic E-state index is -0.443. The molecule has 33 heavy (non-hydrogen) atoms. The zero-order valence-electron chi connectivity index (χ0n) is 17.7. The number of aromatic nitrogens is 1. The number of carbonyl (C=O) groups is 2. The van der Waals surface area contributed by atoms with E-state index in [0.717, 1.165) is 5.56 Å². The standard InChI is InChI=1S/C25H18Cl2N2O4/c1-14-13-28-22-17(23(14)33-16-11-9-15(10-12-16)25(31)32-2)5-3-8-20(22)29-24(30)21-18(26)6-4-7-19(21)27/h3-13H,1-2H3,(H,29,30). The lowest BCUT2D eigenvalue weighted by molar-refractivity contribution is 0.0600. The van der Waals surface area contributed by atoms with Gasteiger partial charge in [-0.25, -0.2) is 4.79 Å². The van der Waals surface area contributed by atoms with Crippen LogP contribution in [0.2, 0.25) is 10.0 Å². The summed E-state index contributed by atoms with van der Waals surface area (Å²) < 4.78 is 10.9. The number of ether oxygens (including phenoxy) is 2. The van der Waals surface area contributed by atoms with Crippen molar-refractivity contribution in [2.24, 2.45) is 0 Å². The number of aryl methyl sites for hydroxylation is 1. The number of nitrogens with zero attached hydrogens (tertiary/aromatic N) is 1. The van der Waals surface area contributed by atoms with Gasteiger partial charge >= 0.3 is 5.97 Å². The Morgan fingerprint density at radius 2 is 1.61 bits per heavy atom. The largest absolute Gasteiger partial charge is 0.465 e. The predicted octanol–water partition coefficient (Wildman–Crippen LogP) is 6.68. The van der Waals surface area contributed by atoms with E-state index >= 15 is 0 Å². The minimum absolute atomic E-state index is 0.187. The van der Waals surface area contributed by atoms with Gasteiger partial charge < -0.3 is 14.8 Å². The zero-order chi connectivity index (χ0) is 23.5. The van der Waals surface area contributed by atoms with Crippen molar-refractivity contribution < 1.29 is 19.1 Å². The first kappa shape index (κ1) is 22.6. The molecule has 0 aliphatic carbocycles. The molecular formula is C25H18Cl2N2O4. The summed E-state index contributed by atoms with van der Waals surface area (Å²) in [7, 11) is 1.33. The molecular weight excluding hydrogens is 463 g/mol. The van der Waals surface area contributed by atoms with E-state index in [2.05, 4.69) is 10.3 Å². The fourth-order valence-electron chi connectivity index (χ4n) is 3.33. The number of benzene rings is 3. The third kappa shape index (κ3) is 4.62. The van der Waals surface area contributed by atoms with Gasteiger partial charge in [0.2, 0.25) is 0 Å². The molecule has 0 spiro atoms. The van der Waals surface area contributed by atoms with Crippen LogP contribution < -0.4 is 10.1 Å². The highest BCUT2D eigenvalue weighted by Crippen LogP contribution is 2.35. The highest BCUT2D eigenvalue weighted by atomic mass is 35.5. The number of nitrogens with one attached hydrogen (secondary N) is 1. The van der Waals surface area contributed by atoms with Crippen molar-refractivity contribution in [3.8, 4) is 11.5 Å². The summed E-state index contributed by atoms with van der Waals surface area (Å²) in [6.07, 6.45) is 1.67. The van der Waals surface area contributed by atoms with Gasteiger partial charge in [0.25, 0.3) is 5.91 Å². The van der Waals surface area contributed by atoms with Gasteiger partial charge in [-0.2, -0.15) is 0 Å².